The van der Waals surface area contributed by atoms with Gasteiger partial charge in [0, 0.05) is 18.5 Å². The van der Waals surface area contributed by atoms with Crippen molar-refractivity contribution in [1.29, 1.82) is 0 Å². The summed E-state index contributed by atoms with van der Waals surface area (Å²) < 4.78 is 2.03. The highest BCUT2D eigenvalue weighted by molar-refractivity contribution is 7.80. The first-order valence-corrected chi connectivity index (χ1v) is 10.3. The number of anilines is 1. The third-order valence-electron chi connectivity index (χ3n) is 4.78. The Morgan fingerprint density at radius 2 is 2.10 bits per heavy atom. The molecule has 160 valence electrons. The molecule has 0 unspecified atom stereocenters. The van der Waals surface area contributed by atoms with Crippen LogP contribution in [0.5, 0.6) is 0 Å². The van der Waals surface area contributed by atoms with Gasteiger partial charge in [-0.2, -0.15) is 5.10 Å². The number of carbonyl (C=O) groups excluding carboxylic acids is 1. The quantitative estimate of drug-likeness (QED) is 0.270. The van der Waals surface area contributed by atoms with Gasteiger partial charge < -0.3 is 14.8 Å². The van der Waals surface area contributed by atoms with Crippen molar-refractivity contribution in [3.05, 3.63) is 53.4 Å². The second-order valence-electron chi connectivity index (χ2n) is 7.21. The van der Waals surface area contributed by atoms with Crippen LogP contribution in [-0.2, 0) is 6.54 Å². The fourth-order valence-electron chi connectivity index (χ4n) is 3.17. The summed E-state index contributed by atoms with van der Waals surface area (Å²) in [5, 5.41) is 11.2. The zero-order valence-electron chi connectivity index (χ0n) is 16.9. The molecular formula is C20H21ClN8OS. The molecule has 0 saturated carbocycles. The number of halogens is 1. The second kappa shape index (κ2) is 8.88. The topological polar surface area (TPSA) is 103 Å². The number of nitrogens with one attached hydrogen (secondary N) is 4. The Labute approximate surface area is 188 Å². The van der Waals surface area contributed by atoms with Gasteiger partial charge in [-0.3, -0.25) is 20.7 Å². The van der Waals surface area contributed by atoms with Crippen molar-refractivity contribution in [1.82, 2.24) is 35.5 Å². The molecule has 9 nitrogen and oxygen atoms in total. The maximum Gasteiger partial charge on any atom is 0.271 e. The summed E-state index contributed by atoms with van der Waals surface area (Å²) in [4.78, 5) is 19.3. The average molecular weight is 457 g/mol. The van der Waals surface area contributed by atoms with Crippen LogP contribution in [0.15, 0.2) is 42.9 Å². The molecule has 1 amide bonds. The molecule has 0 saturated heterocycles. The van der Waals surface area contributed by atoms with Gasteiger partial charge in [0.2, 0.25) is 0 Å². The first-order chi connectivity index (χ1) is 14.9. The summed E-state index contributed by atoms with van der Waals surface area (Å²) in [7, 11) is 4.03. The highest BCUT2D eigenvalue weighted by Crippen LogP contribution is 2.29. The van der Waals surface area contributed by atoms with E-state index in [2.05, 4.69) is 36.2 Å². The number of hydrazine groups is 1. The molecule has 0 spiro atoms. The number of fused-ring (bicyclic) bond motifs is 2. The lowest BCUT2D eigenvalue weighted by atomic mass is 10.1. The SMILES string of the molecule is CN(C)CCn1cnc2c(C(=O)NNC(=S)Nc3ccc4[nH]ncc4c3Cl)cccc21. The predicted octanol–water partition coefficient (Wildman–Crippen LogP) is 2.76. The van der Waals surface area contributed by atoms with Crippen LogP contribution in [0.1, 0.15) is 10.4 Å². The van der Waals surface area contributed by atoms with Crippen LogP contribution in [0.3, 0.4) is 0 Å². The van der Waals surface area contributed by atoms with Gasteiger partial charge in [0.1, 0.15) is 5.52 Å². The lowest BCUT2D eigenvalue weighted by molar-refractivity contribution is 0.0945. The highest BCUT2D eigenvalue weighted by Gasteiger charge is 2.14. The summed E-state index contributed by atoms with van der Waals surface area (Å²) >= 11 is 11.7. The predicted molar refractivity (Wildman–Crippen MR) is 126 cm³/mol. The number of imidazole rings is 1. The van der Waals surface area contributed by atoms with E-state index in [-0.39, 0.29) is 11.0 Å². The summed E-state index contributed by atoms with van der Waals surface area (Å²) in [6, 6.07) is 9.12. The first kappa shape index (κ1) is 21.0. The number of aromatic amines is 1. The number of benzene rings is 2. The molecule has 2 aromatic heterocycles. The van der Waals surface area contributed by atoms with Crippen molar-refractivity contribution in [2.24, 2.45) is 0 Å². The number of carbonyl (C=O) groups is 1. The molecule has 11 heteroatoms. The van der Waals surface area contributed by atoms with Gasteiger partial charge in [0.05, 0.1) is 39.8 Å². The van der Waals surface area contributed by atoms with Gasteiger partial charge in [-0.1, -0.05) is 17.7 Å². The van der Waals surface area contributed by atoms with Crippen LogP contribution in [0.4, 0.5) is 5.69 Å². The van der Waals surface area contributed by atoms with Crippen molar-refractivity contribution >= 4 is 62.5 Å². The Kier molecular flexibility index (Phi) is 6.03. The lowest BCUT2D eigenvalue weighted by Gasteiger charge is -2.13. The van der Waals surface area contributed by atoms with Gasteiger partial charge >= 0.3 is 0 Å². The number of likely N-dealkylation sites (N-methyl/N-ethyl adjacent to an activating group) is 1. The number of aromatic nitrogens is 4. The third kappa shape index (κ3) is 4.46. The maximum atomic E-state index is 12.7. The molecule has 4 rings (SSSR count). The summed E-state index contributed by atoms with van der Waals surface area (Å²) in [5.41, 5.74) is 8.72. The number of para-hydroxylation sites is 1. The summed E-state index contributed by atoms with van der Waals surface area (Å²) in [5.74, 6) is -0.344. The third-order valence-corrected chi connectivity index (χ3v) is 5.39. The number of H-pyrrole nitrogens is 1. The summed E-state index contributed by atoms with van der Waals surface area (Å²) in [6.45, 7) is 1.65. The van der Waals surface area contributed by atoms with E-state index in [0.717, 1.165) is 29.5 Å². The van der Waals surface area contributed by atoms with Crippen LogP contribution >= 0.6 is 23.8 Å². The van der Waals surface area contributed by atoms with Crippen LogP contribution in [0, 0.1) is 0 Å². The fourth-order valence-corrected chi connectivity index (χ4v) is 3.59. The van der Waals surface area contributed by atoms with Crippen molar-refractivity contribution in [3.63, 3.8) is 0 Å². The molecule has 0 bridgehead atoms. The van der Waals surface area contributed by atoms with Gasteiger partial charge in [0.15, 0.2) is 5.11 Å². The van der Waals surface area contributed by atoms with Crippen molar-refractivity contribution in [3.8, 4) is 0 Å². The Balaban J connectivity index is 1.42. The van der Waals surface area contributed by atoms with E-state index in [1.807, 2.05) is 36.9 Å². The lowest BCUT2D eigenvalue weighted by Crippen LogP contribution is -2.43. The molecule has 31 heavy (non-hydrogen) atoms. The first-order valence-electron chi connectivity index (χ1n) is 9.51. The number of rotatable bonds is 5. The number of hydrogen-bond acceptors (Lipinski definition) is 5. The second-order valence-corrected chi connectivity index (χ2v) is 7.99. The largest absolute Gasteiger partial charge is 0.330 e. The van der Waals surface area contributed by atoms with Gasteiger partial charge in [0.25, 0.3) is 5.91 Å². The fraction of sp³-hybridized carbons (Fsp3) is 0.200. The zero-order valence-corrected chi connectivity index (χ0v) is 18.5. The molecule has 0 atom stereocenters. The van der Waals surface area contributed by atoms with E-state index in [0.29, 0.717) is 21.8 Å². The van der Waals surface area contributed by atoms with Gasteiger partial charge in [-0.25, -0.2) is 4.98 Å². The minimum Gasteiger partial charge on any atom is -0.330 e. The minimum atomic E-state index is -0.344. The minimum absolute atomic E-state index is 0.196. The molecule has 4 N–H and O–H groups in total. The van der Waals surface area contributed by atoms with E-state index in [1.54, 1.807) is 24.7 Å². The molecule has 2 heterocycles. The van der Waals surface area contributed by atoms with Crippen LogP contribution in [-0.4, -0.2) is 56.3 Å². The molecule has 0 aliphatic rings. The van der Waals surface area contributed by atoms with Crippen LogP contribution < -0.4 is 16.2 Å². The number of nitrogens with zero attached hydrogens (tertiary/aromatic N) is 4. The average Bonchev–Trinajstić information content (AvgIpc) is 3.39. The molecule has 0 radical (unpaired) electrons. The van der Waals surface area contributed by atoms with Crippen LogP contribution in [0.25, 0.3) is 21.9 Å². The van der Waals surface area contributed by atoms with Crippen molar-refractivity contribution < 1.29 is 4.79 Å². The maximum absolute atomic E-state index is 12.7. The van der Waals surface area contributed by atoms with E-state index in [9.17, 15) is 4.79 Å². The number of amides is 1. The van der Waals surface area contributed by atoms with Gasteiger partial charge in [-0.05, 0) is 50.6 Å². The Bertz CT molecular complexity index is 1260. The Morgan fingerprint density at radius 3 is 2.90 bits per heavy atom. The van der Waals surface area contributed by atoms with Gasteiger partial charge in [-0.15, -0.1) is 0 Å². The van der Waals surface area contributed by atoms with E-state index in [4.69, 9.17) is 23.8 Å². The van der Waals surface area contributed by atoms with Crippen molar-refractivity contribution in [2.75, 3.05) is 26.0 Å². The van der Waals surface area contributed by atoms with E-state index < -0.39 is 0 Å². The van der Waals surface area contributed by atoms with Crippen molar-refractivity contribution in [2.45, 2.75) is 6.54 Å². The molecule has 4 aromatic rings. The van der Waals surface area contributed by atoms with Crippen LogP contribution in [0.2, 0.25) is 5.02 Å². The Morgan fingerprint density at radius 1 is 1.26 bits per heavy atom. The monoisotopic (exact) mass is 456 g/mol. The standard InChI is InChI=1S/C20H21ClN8OS/c1-28(2)8-9-29-11-22-18-12(4-3-5-16(18)29)19(30)26-27-20(31)24-15-7-6-14-13(17(15)21)10-23-25-14/h3-7,10-11H,8-9H2,1-2H3,(H,23,25)(H,26,30)(H2,24,27,31). The molecular weight excluding hydrogens is 436 g/mol. The molecule has 0 fully saturated rings. The molecule has 0 aliphatic heterocycles. The number of thiocarbonyl (C=S) groups is 1. The van der Waals surface area contributed by atoms with E-state index in [1.165, 1.54) is 0 Å². The Hall–Kier alpha value is -3.21. The number of hydrogen-bond donors (Lipinski definition) is 4. The smallest absolute Gasteiger partial charge is 0.271 e. The molecule has 0 aliphatic carbocycles. The molecule has 2 aromatic carbocycles. The normalized spacial score (nSPS) is 11.2. The zero-order chi connectivity index (χ0) is 22.0. The van der Waals surface area contributed by atoms with E-state index >= 15 is 0 Å². The highest BCUT2D eigenvalue weighted by atomic mass is 35.5. The summed E-state index contributed by atoms with van der Waals surface area (Å²) in [6.07, 6.45) is 3.39.